The summed E-state index contributed by atoms with van der Waals surface area (Å²) in [5.41, 5.74) is 1.43. The van der Waals surface area contributed by atoms with Crippen LogP contribution in [0.5, 0.6) is 0 Å². The van der Waals surface area contributed by atoms with Crippen LogP contribution in [0, 0.1) is 11.6 Å². The predicted octanol–water partition coefficient (Wildman–Crippen LogP) is 5.02. The van der Waals surface area contributed by atoms with Crippen molar-refractivity contribution in [2.75, 3.05) is 4.90 Å². The molecular weight excluding hydrogens is 434 g/mol. The number of benzene rings is 2. The van der Waals surface area contributed by atoms with Crippen molar-refractivity contribution in [1.29, 1.82) is 0 Å². The summed E-state index contributed by atoms with van der Waals surface area (Å²) in [6.45, 7) is 0. The van der Waals surface area contributed by atoms with Gasteiger partial charge in [0.25, 0.3) is 5.91 Å². The first-order valence-corrected chi connectivity index (χ1v) is 9.94. The maximum atomic E-state index is 15.1. The first kappa shape index (κ1) is 18.7. The van der Waals surface area contributed by atoms with Gasteiger partial charge in [-0.25, -0.2) is 18.6 Å². The van der Waals surface area contributed by atoms with E-state index in [9.17, 15) is 14.0 Å². The van der Waals surface area contributed by atoms with E-state index in [4.69, 9.17) is 11.6 Å². The molecule has 3 amide bonds. The number of anilines is 1. The number of imide groups is 1. The molecule has 1 atom stereocenters. The average molecular weight is 445 g/mol. The van der Waals surface area contributed by atoms with E-state index in [-0.39, 0.29) is 11.1 Å². The normalized spacial score (nSPS) is 16.5. The van der Waals surface area contributed by atoms with Gasteiger partial charge < -0.3 is 4.98 Å². The molecule has 2 N–H and O–H groups in total. The second-order valence-corrected chi connectivity index (χ2v) is 8.32. The number of aromatic amines is 1. The van der Waals surface area contributed by atoms with Crippen LogP contribution < -0.4 is 10.2 Å². The fourth-order valence-corrected chi connectivity index (χ4v) is 4.58. The second-order valence-electron chi connectivity index (χ2n) is 6.61. The Labute approximate surface area is 177 Å². The molecule has 1 aliphatic heterocycles. The van der Waals surface area contributed by atoms with Gasteiger partial charge in [-0.3, -0.25) is 15.0 Å². The lowest BCUT2D eigenvalue weighted by molar-refractivity contribution is -0.120. The molecule has 1 saturated heterocycles. The van der Waals surface area contributed by atoms with Gasteiger partial charge in [0.05, 0.1) is 21.7 Å². The minimum Gasteiger partial charge on any atom is -0.345 e. The highest BCUT2D eigenvalue weighted by molar-refractivity contribution is 7.19. The summed E-state index contributed by atoms with van der Waals surface area (Å²) < 4.78 is 30.4. The fourth-order valence-electron chi connectivity index (χ4n) is 3.51. The molecule has 0 bridgehead atoms. The van der Waals surface area contributed by atoms with E-state index in [0.29, 0.717) is 25.9 Å². The van der Waals surface area contributed by atoms with Crippen LogP contribution in [0.3, 0.4) is 0 Å². The number of urea groups is 1. The van der Waals surface area contributed by atoms with Gasteiger partial charge in [-0.1, -0.05) is 23.7 Å². The SMILES string of the molecule is O=C1NC(=O)N(c2ccc3nc[nH]c3c2)C1c1ccc(-c2ccc(Cl)s2)c(F)c1F. The van der Waals surface area contributed by atoms with Gasteiger partial charge in [0.1, 0.15) is 6.04 Å². The summed E-state index contributed by atoms with van der Waals surface area (Å²) in [6.07, 6.45) is 1.49. The van der Waals surface area contributed by atoms with Crippen molar-refractivity contribution >= 4 is 51.6 Å². The number of fused-ring (bicyclic) bond motifs is 1. The van der Waals surface area contributed by atoms with Crippen LogP contribution in [-0.2, 0) is 4.79 Å². The van der Waals surface area contributed by atoms with Crippen LogP contribution in [0.4, 0.5) is 19.3 Å². The zero-order chi connectivity index (χ0) is 21.0. The highest BCUT2D eigenvalue weighted by atomic mass is 35.5. The highest BCUT2D eigenvalue weighted by Gasteiger charge is 2.42. The van der Waals surface area contributed by atoms with E-state index in [1.54, 1.807) is 30.3 Å². The molecule has 5 rings (SSSR count). The molecule has 2 aromatic heterocycles. The number of thiophene rings is 1. The third-order valence-electron chi connectivity index (χ3n) is 4.88. The molecule has 1 fully saturated rings. The largest absolute Gasteiger partial charge is 0.345 e. The number of H-pyrrole nitrogens is 1. The highest BCUT2D eigenvalue weighted by Crippen LogP contribution is 2.38. The summed E-state index contributed by atoms with van der Waals surface area (Å²) in [4.78, 5) is 33.5. The smallest absolute Gasteiger partial charge is 0.329 e. The van der Waals surface area contributed by atoms with Gasteiger partial charge in [-0.2, -0.15) is 0 Å². The van der Waals surface area contributed by atoms with E-state index < -0.39 is 29.6 Å². The molecule has 30 heavy (non-hydrogen) atoms. The Hall–Kier alpha value is -3.30. The zero-order valence-corrected chi connectivity index (χ0v) is 16.5. The van der Waals surface area contributed by atoms with Crippen LogP contribution >= 0.6 is 22.9 Å². The Balaban J connectivity index is 1.61. The Morgan fingerprint density at radius 3 is 2.67 bits per heavy atom. The van der Waals surface area contributed by atoms with Crippen molar-refractivity contribution in [2.24, 2.45) is 0 Å². The number of aromatic nitrogens is 2. The second kappa shape index (κ2) is 6.89. The summed E-state index contributed by atoms with van der Waals surface area (Å²) in [5.74, 6) is -3.04. The molecule has 10 heteroatoms. The monoisotopic (exact) mass is 444 g/mol. The topological polar surface area (TPSA) is 78.1 Å². The third kappa shape index (κ3) is 2.86. The molecule has 1 unspecified atom stereocenters. The number of rotatable bonds is 3. The number of nitrogens with zero attached hydrogens (tertiary/aromatic N) is 2. The van der Waals surface area contributed by atoms with Gasteiger partial charge >= 0.3 is 6.03 Å². The number of carbonyl (C=O) groups is 2. The molecular formula is C20H11ClF2N4O2S. The molecule has 0 saturated carbocycles. The number of amides is 3. The number of hydrogen-bond acceptors (Lipinski definition) is 4. The van der Waals surface area contributed by atoms with Gasteiger partial charge in [0.15, 0.2) is 11.6 Å². The fraction of sp³-hybridized carbons (Fsp3) is 0.0500. The standard InChI is InChI=1S/C20H11ClF2N4O2S/c21-15-6-5-14(30-15)10-2-3-11(17(23)16(10)22)18-19(28)26-20(29)27(18)9-1-4-12-13(7-9)25-8-24-12/h1-8,18H,(H,24,25)(H,26,28,29). The number of halogens is 3. The van der Waals surface area contributed by atoms with E-state index in [2.05, 4.69) is 15.3 Å². The van der Waals surface area contributed by atoms with Crippen molar-refractivity contribution in [2.45, 2.75) is 6.04 Å². The van der Waals surface area contributed by atoms with Gasteiger partial charge in [-0.05, 0) is 30.3 Å². The molecule has 1 aliphatic rings. The van der Waals surface area contributed by atoms with Crippen LogP contribution in [0.25, 0.3) is 21.5 Å². The van der Waals surface area contributed by atoms with Crippen molar-refractivity contribution in [3.63, 3.8) is 0 Å². The first-order valence-electron chi connectivity index (χ1n) is 8.75. The van der Waals surface area contributed by atoms with Crippen LogP contribution in [-0.4, -0.2) is 21.9 Å². The summed E-state index contributed by atoms with van der Waals surface area (Å²) in [7, 11) is 0. The molecule has 150 valence electrons. The van der Waals surface area contributed by atoms with Gasteiger partial charge in [-0.15, -0.1) is 11.3 Å². The minimum absolute atomic E-state index is 0.0308. The Morgan fingerprint density at radius 1 is 1.07 bits per heavy atom. The molecule has 0 radical (unpaired) electrons. The predicted molar refractivity (Wildman–Crippen MR) is 110 cm³/mol. The van der Waals surface area contributed by atoms with Crippen molar-refractivity contribution < 1.29 is 18.4 Å². The Kier molecular flexibility index (Phi) is 4.30. The lowest BCUT2D eigenvalue weighted by Crippen LogP contribution is -2.30. The van der Waals surface area contributed by atoms with E-state index in [1.807, 2.05) is 0 Å². The quantitative estimate of drug-likeness (QED) is 0.435. The number of imidazole rings is 1. The molecule has 6 nitrogen and oxygen atoms in total. The minimum atomic E-state index is -1.35. The molecule has 2 aromatic carbocycles. The number of nitrogens with one attached hydrogen (secondary N) is 2. The van der Waals surface area contributed by atoms with E-state index in [1.165, 1.54) is 18.5 Å². The lowest BCUT2D eigenvalue weighted by Gasteiger charge is -2.23. The lowest BCUT2D eigenvalue weighted by atomic mass is 10.0. The van der Waals surface area contributed by atoms with Gasteiger partial charge in [0.2, 0.25) is 0 Å². The Morgan fingerprint density at radius 2 is 1.90 bits per heavy atom. The summed E-state index contributed by atoms with van der Waals surface area (Å²) in [5, 5.41) is 2.17. The zero-order valence-electron chi connectivity index (χ0n) is 14.9. The van der Waals surface area contributed by atoms with Crippen molar-refractivity contribution in [3.05, 3.63) is 70.3 Å². The Bertz CT molecular complexity index is 1340. The maximum absolute atomic E-state index is 15.1. The van der Waals surface area contributed by atoms with Gasteiger partial charge in [0, 0.05) is 21.7 Å². The van der Waals surface area contributed by atoms with Crippen LogP contribution in [0.2, 0.25) is 4.34 Å². The molecule has 4 aromatic rings. The molecule has 3 heterocycles. The van der Waals surface area contributed by atoms with Crippen LogP contribution in [0.15, 0.2) is 48.8 Å². The number of carbonyl (C=O) groups excluding carboxylic acids is 2. The first-order chi connectivity index (χ1) is 14.4. The average Bonchev–Trinajstić information content (AvgIpc) is 3.42. The molecule has 0 spiro atoms. The number of hydrogen-bond donors (Lipinski definition) is 2. The van der Waals surface area contributed by atoms with Crippen LogP contribution in [0.1, 0.15) is 11.6 Å². The molecule has 0 aliphatic carbocycles. The third-order valence-corrected chi connectivity index (χ3v) is 6.15. The van der Waals surface area contributed by atoms with E-state index >= 15 is 4.39 Å². The van der Waals surface area contributed by atoms with Crippen molar-refractivity contribution in [3.8, 4) is 10.4 Å². The van der Waals surface area contributed by atoms with Crippen molar-refractivity contribution in [1.82, 2.24) is 15.3 Å². The summed E-state index contributed by atoms with van der Waals surface area (Å²) in [6, 6.07) is 8.65. The van der Waals surface area contributed by atoms with E-state index in [0.717, 1.165) is 16.2 Å². The maximum Gasteiger partial charge on any atom is 0.329 e. The summed E-state index contributed by atoms with van der Waals surface area (Å²) >= 11 is 7.00.